The molecule has 11 heteroatoms. The second-order valence-corrected chi connectivity index (χ2v) is 5.94. The van der Waals surface area contributed by atoms with Crippen LogP contribution < -0.4 is 19.8 Å². The van der Waals surface area contributed by atoms with Gasteiger partial charge in [-0.3, -0.25) is 4.79 Å². The van der Waals surface area contributed by atoms with Crippen molar-refractivity contribution in [3.05, 3.63) is 40.7 Å². The van der Waals surface area contributed by atoms with Crippen LogP contribution in [0.5, 0.6) is 11.8 Å². The maximum atomic E-state index is 13.9. The van der Waals surface area contributed by atoms with Crippen LogP contribution in [0.25, 0.3) is 10.9 Å². The van der Waals surface area contributed by atoms with Gasteiger partial charge in [0.1, 0.15) is 11.2 Å². The summed E-state index contributed by atoms with van der Waals surface area (Å²) in [4.78, 5) is 19.2. The molecule has 0 aromatic carbocycles. The molecule has 0 radical (unpaired) electrons. The quantitative estimate of drug-likeness (QED) is 0.634. The third kappa shape index (κ3) is 3.43. The zero-order valence-electron chi connectivity index (χ0n) is 13.5. The normalized spacial score (nSPS) is 11.2. The number of nitrogens with one attached hydrogen (secondary N) is 2. The van der Waals surface area contributed by atoms with Gasteiger partial charge in [-0.25, -0.2) is 4.39 Å². The number of anilines is 1. The first kappa shape index (κ1) is 18.0. The van der Waals surface area contributed by atoms with Crippen molar-refractivity contribution in [2.75, 3.05) is 11.8 Å². The molecule has 0 aliphatic carbocycles. The number of methoxy groups -OCH3 is 1. The lowest BCUT2D eigenvalue weighted by Gasteiger charge is -2.12. The van der Waals surface area contributed by atoms with E-state index in [0.29, 0.717) is 15.8 Å². The van der Waals surface area contributed by atoms with Crippen LogP contribution in [0, 0.1) is 5.82 Å². The van der Waals surface area contributed by atoms with Crippen LogP contribution in [0.2, 0.25) is 0 Å². The van der Waals surface area contributed by atoms with Crippen molar-refractivity contribution in [2.45, 2.75) is 11.5 Å². The van der Waals surface area contributed by atoms with Gasteiger partial charge in [-0.1, -0.05) is 0 Å². The van der Waals surface area contributed by atoms with Gasteiger partial charge in [-0.05, 0) is 18.0 Å². The van der Waals surface area contributed by atoms with Crippen molar-refractivity contribution >= 4 is 28.5 Å². The van der Waals surface area contributed by atoms with Crippen molar-refractivity contribution in [1.82, 2.24) is 14.5 Å². The number of fused-ring (bicyclic) bond motifs is 1. The van der Waals surface area contributed by atoms with Crippen LogP contribution in [0.15, 0.2) is 34.2 Å². The molecule has 0 saturated carbocycles. The molecule has 0 spiro atoms. The SMILES string of the molecule is COc1nc(OC(F)F)c(F)cc1NSc1c[nH]c2c(=O)n(C)ccc12. The minimum absolute atomic E-state index is 0.120. The number of rotatable bonds is 6. The van der Waals surface area contributed by atoms with Crippen LogP contribution >= 0.6 is 11.9 Å². The van der Waals surface area contributed by atoms with E-state index in [1.165, 1.54) is 11.7 Å². The third-order valence-corrected chi connectivity index (χ3v) is 4.33. The van der Waals surface area contributed by atoms with E-state index in [1.807, 2.05) is 0 Å². The minimum Gasteiger partial charge on any atom is -0.479 e. The van der Waals surface area contributed by atoms with E-state index in [-0.39, 0.29) is 17.1 Å². The van der Waals surface area contributed by atoms with Crippen LogP contribution in [0.3, 0.4) is 0 Å². The summed E-state index contributed by atoms with van der Waals surface area (Å²) in [5, 5.41) is 0.677. The van der Waals surface area contributed by atoms with E-state index in [4.69, 9.17) is 4.74 Å². The number of nitrogens with zero attached hydrogens (tertiary/aromatic N) is 2. The Labute approximate surface area is 149 Å². The molecular formula is C15H13F3N4O3S. The van der Waals surface area contributed by atoms with Gasteiger partial charge in [0.25, 0.3) is 11.4 Å². The molecule has 2 N–H and O–H groups in total. The maximum Gasteiger partial charge on any atom is 0.388 e. The van der Waals surface area contributed by atoms with Gasteiger partial charge in [0.15, 0.2) is 5.82 Å². The molecule has 0 unspecified atom stereocenters. The van der Waals surface area contributed by atoms with Gasteiger partial charge in [-0.2, -0.15) is 13.8 Å². The molecule has 0 fully saturated rings. The fraction of sp³-hybridized carbons (Fsp3) is 0.200. The van der Waals surface area contributed by atoms with E-state index in [0.717, 1.165) is 18.0 Å². The molecule has 3 aromatic heterocycles. The van der Waals surface area contributed by atoms with Crippen molar-refractivity contribution in [1.29, 1.82) is 0 Å². The molecule has 0 aliphatic rings. The highest BCUT2D eigenvalue weighted by Crippen LogP contribution is 2.33. The zero-order valence-corrected chi connectivity index (χ0v) is 14.4. The molecule has 0 amide bonds. The van der Waals surface area contributed by atoms with Gasteiger partial charge in [0.2, 0.25) is 5.88 Å². The smallest absolute Gasteiger partial charge is 0.388 e. The fourth-order valence-electron chi connectivity index (χ4n) is 2.24. The van der Waals surface area contributed by atoms with Gasteiger partial charge in [0.05, 0.1) is 12.0 Å². The standard InChI is InChI=1S/C15H13F3N4O3S/c1-22-4-3-7-10(6-19-11(7)14(22)23)26-21-9-5-8(16)12(25-15(17)18)20-13(9)24-2/h3-6,15,19,21H,1-2H3. The average molecular weight is 386 g/mol. The lowest BCUT2D eigenvalue weighted by Crippen LogP contribution is -2.15. The topological polar surface area (TPSA) is 81.2 Å². The first-order valence-electron chi connectivity index (χ1n) is 7.19. The fourth-order valence-corrected chi connectivity index (χ4v) is 3.00. The molecule has 0 saturated heterocycles. The number of hydrogen-bond acceptors (Lipinski definition) is 6. The Morgan fingerprint density at radius 2 is 2.15 bits per heavy atom. The molecule has 138 valence electrons. The molecule has 7 nitrogen and oxygen atoms in total. The van der Waals surface area contributed by atoms with Crippen molar-refractivity contribution in [3.63, 3.8) is 0 Å². The number of H-pyrrole nitrogens is 1. The molecule has 3 aromatic rings. The Morgan fingerprint density at radius 3 is 2.85 bits per heavy atom. The highest BCUT2D eigenvalue weighted by molar-refractivity contribution is 8.00. The van der Waals surface area contributed by atoms with E-state index < -0.39 is 18.3 Å². The first-order valence-corrected chi connectivity index (χ1v) is 8.01. The molecule has 0 bridgehead atoms. The number of halogens is 3. The molecular weight excluding hydrogens is 373 g/mol. The van der Waals surface area contributed by atoms with E-state index in [1.54, 1.807) is 25.5 Å². The van der Waals surface area contributed by atoms with Gasteiger partial charge >= 0.3 is 6.61 Å². The lowest BCUT2D eigenvalue weighted by molar-refractivity contribution is -0.0555. The molecule has 3 heterocycles. The second-order valence-electron chi connectivity index (χ2n) is 5.09. The predicted molar refractivity (Wildman–Crippen MR) is 90.4 cm³/mol. The first-order chi connectivity index (χ1) is 12.4. The monoisotopic (exact) mass is 386 g/mol. The third-order valence-electron chi connectivity index (χ3n) is 3.46. The molecule has 0 aliphatic heterocycles. The lowest BCUT2D eigenvalue weighted by atomic mass is 10.3. The maximum absolute atomic E-state index is 13.9. The van der Waals surface area contributed by atoms with E-state index >= 15 is 0 Å². The minimum atomic E-state index is -3.20. The van der Waals surface area contributed by atoms with Crippen molar-refractivity contribution in [3.8, 4) is 11.8 Å². The number of aromatic nitrogens is 3. The number of alkyl halides is 2. The number of ether oxygens (including phenoxy) is 2. The summed E-state index contributed by atoms with van der Waals surface area (Å²) in [5.41, 5.74) is 0.360. The summed E-state index contributed by atoms with van der Waals surface area (Å²) in [6.07, 6.45) is 3.25. The Morgan fingerprint density at radius 1 is 1.38 bits per heavy atom. The van der Waals surface area contributed by atoms with Crippen LogP contribution in [0.1, 0.15) is 0 Å². The summed E-state index contributed by atoms with van der Waals surface area (Å²) in [6, 6.07) is 2.69. The Kier molecular flexibility index (Phi) is 4.98. The van der Waals surface area contributed by atoms with Gasteiger partial charge in [0, 0.05) is 30.9 Å². The van der Waals surface area contributed by atoms with E-state index in [2.05, 4.69) is 19.4 Å². The molecule has 3 rings (SSSR count). The predicted octanol–water partition coefficient (Wildman–Crippen LogP) is 3.13. The molecule has 0 atom stereocenters. The van der Waals surface area contributed by atoms with Gasteiger partial charge in [-0.15, -0.1) is 0 Å². The summed E-state index contributed by atoms with van der Waals surface area (Å²) < 4.78 is 51.6. The summed E-state index contributed by atoms with van der Waals surface area (Å²) >= 11 is 1.08. The summed E-state index contributed by atoms with van der Waals surface area (Å²) in [7, 11) is 2.90. The largest absolute Gasteiger partial charge is 0.479 e. The average Bonchev–Trinajstić information content (AvgIpc) is 3.01. The highest BCUT2D eigenvalue weighted by atomic mass is 32.2. The highest BCUT2D eigenvalue weighted by Gasteiger charge is 2.18. The van der Waals surface area contributed by atoms with Gasteiger partial charge < -0.3 is 23.7 Å². The van der Waals surface area contributed by atoms with Crippen molar-refractivity contribution < 1.29 is 22.6 Å². The number of aryl methyl sites for hydroxylation is 1. The number of aromatic amines is 1. The Hall–Kier alpha value is -2.82. The number of hydrogen-bond donors (Lipinski definition) is 2. The van der Waals surface area contributed by atoms with Crippen LogP contribution in [-0.2, 0) is 7.05 Å². The zero-order chi connectivity index (χ0) is 18.8. The van der Waals surface area contributed by atoms with Crippen molar-refractivity contribution in [2.24, 2.45) is 7.05 Å². The summed E-state index contributed by atoms with van der Waals surface area (Å²) in [5.74, 6) is -2.05. The summed E-state index contributed by atoms with van der Waals surface area (Å²) in [6.45, 7) is -3.20. The van der Waals surface area contributed by atoms with Crippen LogP contribution in [0.4, 0.5) is 18.9 Å². The second kappa shape index (κ2) is 7.20. The Balaban J connectivity index is 1.87. The Bertz CT molecular complexity index is 1010. The van der Waals surface area contributed by atoms with E-state index in [9.17, 15) is 18.0 Å². The number of pyridine rings is 2. The van der Waals surface area contributed by atoms with Crippen LogP contribution in [-0.4, -0.2) is 28.3 Å². The molecule has 26 heavy (non-hydrogen) atoms.